The lowest BCUT2D eigenvalue weighted by atomic mass is 10.3. The molecule has 0 unspecified atom stereocenters. The van der Waals surface area contributed by atoms with Crippen LogP contribution in [0, 0.1) is 6.07 Å². The first-order valence-corrected chi connectivity index (χ1v) is 3.84. The molecule has 0 aliphatic carbocycles. The fourth-order valence-electron chi connectivity index (χ4n) is 0.786. The highest BCUT2D eigenvalue weighted by molar-refractivity contribution is 4.99. The minimum Gasteiger partial charge on any atom is -0.315 e. The molecule has 1 heterocycles. The van der Waals surface area contributed by atoms with E-state index in [0.29, 0.717) is 12.1 Å². The summed E-state index contributed by atoms with van der Waals surface area (Å²) in [5.41, 5.74) is 0.697. The van der Waals surface area contributed by atoms with Crippen molar-refractivity contribution in [1.29, 1.82) is 0 Å². The number of halogens is 2. The third-order valence-corrected chi connectivity index (χ3v) is 1.38. The summed E-state index contributed by atoms with van der Waals surface area (Å²) < 4.78 is 27.3. The molecule has 0 N–H and O–H groups in total. The Morgan fingerprint density at radius 2 is 2.38 bits per heavy atom. The zero-order valence-corrected chi connectivity index (χ0v) is 7.13. The maximum Gasteiger partial charge on any atom is 0.345 e. The van der Waals surface area contributed by atoms with E-state index in [-0.39, 0.29) is 12.4 Å². The van der Waals surface area contributed by atoms with Gasteiger partial charge in [-0.1, -0.05) is 6.92 Å². The number of hydrogen-bond donors (Lipinski definition) is 0. The van der Waals surface area contributed by atoms with Crippen LogP contribution in [0.3, 0.4) is 0 Å². The predicted octanol–water partition coefficient (Wildman–Crippen LogP) is 1.58. The SMILES string of the molecule is CCc1[c]cnc(COC(F)F)n1. The molecule has 0 saturated carbocycles. The van der Waals surface area contributed by atoms with Crippen molar-refractivity contribution in [2.45, 2.75) is 26.6 Å². The lowest BCUT2D eigenvalue weighted by Gasteiger charge is -2.01. The van der Waals surface area contributed by atoms with Gasteiger partial charge in [-0.05, 0) is 6.42 Å². The largest absolute Gasteiger partial charge is 0.345 e. The van der Waals surface area contributed by atoms with Crippen LogP contribution < -0.4 is 0 Å². The van der Waals surface area contributed by atoms with Gasteiger partial charge in [-0.2, -0.15) is 8.78 Å². The quantitative estimate of drug-likeness (QED) is 0.717. The van der Waals surface area contributed by atoms with E-state index < -0.39 is 6.61 Å². The fourth-order valence-corrected chi connectivity index (χ4v) is 0.786. The molecule has 1 aromatic heterocycles. The van der Waals surface area contributed by atoms with E-state index in [4.69, 9.17) is 0 Å². The molecule has 13 heavy (non-hydrogen) atoms. The molecule has 0 atom stereocenters. The molecule has 0 saturated heterocycles. The van der Waals surface area contributed by atoms with E-state index in [0.717, 1.165) is 0 Å². The molecule has 1 rings (SSSR count). The molecule has 0 aromatic carbocycles. The number of hydrogen-bond acceptors (Lipinski definition) is 3. The average Bonchev–Trinajstić information content (AvgIpc) is 2.15. The van der Waals surface area contributed by atoms with Crippen LogP contribution >= 0.6 is 0 Å². The van der Waals surface area contributed by atoms with E-state index >= 15 is 0 Å². The predicted molar refractivity (Wildman–Crippen MR) is 41.0 cm³/mol. The number of nitrogens with zero attached hydrogens (tertiary/aromatic N) is 2. The Labute approximate surface area is 74.8 Å². The average molecular weight is 187 g/mol. The molecule has 0 aliphatic rings. The molecule has 5 heteroatoms. The molecule has 0 spiro atoms. The molecule has 0 amide bonds. The second kappa shape index (κ2) is 4.81. The summed E-state index contributed by atoms with van der Waals surface area (Å²) in [4.78, 5) is 7.67. The molecule has 1 aromatic rings. The molecule has 0 fully saturated rings. The van der Waals surface area contributed by atoms with Crippen LogP contribution in [0.15, 0.2) is 6.20 Å². The van der Waals surface area contributed by atoms with Gasteiger partial charge in [-0.25, -0.2) is 9.97 Å². The van der Waals surface area contributed by atoms with E-state index in [1.165, 1.54) is 6.20 Å². The molecular weight excluding hydrogens is 178 g/mol. The number of aromatic nitrogens is 2. The molecule has 1 radical (unpaired) electrons. The van der Waals surface area contributed by atoms with E-state index in [1.807, 2.05) is 6.92 Å². The first kappa shape index (κ1) is 9.98. The Morgan fingerprint density at radius 1 is 1.62 bits per heavy atom. The molecule has 71 valence electrons. The maximum atomic E-state index is 11.6. The van der Waals surface area contributed by atoms with Crippen LogP contribution in [0.2, 0.25) is 0 Å². The Bertz CT molecular complexity index is 268. The van der Waals surface area contributed by atoms with Gasteiger partial charge in [0.2, 0.25) is 0 Å². The van der Waals surface area contributed by atoms with Crippen LogP contribution in [-0.2, 0) is 17.8 Å². The highest BCUT2D eigenvalue weighted by atomic mass is 19.3. The van der Waals surface area contributed by atoms with Crippen molar-refractivity contribution in [3.05, 3.63) is 23.8 Å². The molecule has 3 nitrogen and oxygen atoms in total. The van der Waals surface area contributed by atoms with Gasteiger partial charge in [0.1, 0.15) is 6.61 Å². The van der Waals surface area contributed by atoms with Gasteiger partial charge in [-0.3, -0.25) is 0 Å². The lowest BCUT2D eigenvalue weighted by Crippen LogP contribution is -2.04. The van der Waals surface area contributed by atoms with Gasteiger partial charge in [-0.15, -0.1) is 0 Å². The molecule has 0 aliphatic heterocycles. The highest BCUT2D eigenvalue weighted by Crippen LogP contribution is 2.01. The monoisotopic (exact) mass is 187 g/mol. The van der Waals surface area contributed by atoms with Crippen LogP contribution in [0.4, 0.5) is 8.78 Å². The van der Waals surface area contributed by atoms with Crippen molar-refractivity contribution in [3.63, 3.8) is 0 Å². The van der Waals surface area contributed by atoms with Crippen molar-refractivity contribution in [3.8, 4) is 0 Å². The van der Waals surface area contributed by atoms with Crippen molar-refractivity contribution in [2.75, 3.05) is 0 Å². The van der Waals surface area contributed by atoms with Crippen molar-refractivity contribution < 1.29 is 13.5 Å². The highest BCUT2D eigenvalue weighted by Gasteiger charge is 2.04. The van der Waals surface area contributed by atoms with Crippen LogP contribution in [0.5, 0.6) is 0 Å². The Balaban J connectivity index is 2.56. The number of aryl methyl sites for hydroxylation is 1. The minimum absolute atomic E-state index is 0.260. The minimum atomic E-state index is -2.78. The summed E-state index contributed by atoms with van der Waals surface area (Å²) in [5, 5.41) is 0. The van der Waals surface area contributed by atoms with Gasteiger partial charge in [0.05, 0.1) is 5.69 Å². The standard InChI is InChI=1S/C8H9F2N2O/c1-2-6-3-4-11-7(12-6)5-13-8(9)10/h4,8H,2,5H2,1H3. The maximum absolute atomic E-state index is 11.6. The Morgan fingerprint density at radius 3 is 3.00 bits per heavy atom. The third-order valence-electron chi connectivity index (χ3n) is 1.38. The van der Waals surface area contributed by atoms with Crippen LogP contribution in [-0.4, -0.2) is 16.6 Å². The first-order chi connectivity index (χ1) is 6.22. The molecular formula is C8H9F2N2O. The summed E-state index contributed by atoms with van der Waals surface area (Å²) >= 11 is 0. The summed E-state index contributed by atoms with van der Waals surface area (Å²) in [7, 11) is 0. The van der Waals surface area contributed by atoms with Gasteiger partial charge < -0.3 is 4.74 Å². The number of ether oxygens (including phenoxy) is 1. The van der Waals surface area contributed by atoms with E-state index in [9.17, 15) is 8.78 Å². The van der Waals surface area contributed by atoms with Gasteiger partial charge >= 0.3 is 6.61 Å². The van der Waals surface area contributed by atoms with Crippen molar-refractivity contribution >= 4 is 0 Å². The summed E-state index contributed by atoms with van der Waals surface area (Å²) in [6.07, 6.45) is 2.11. The number of rotatable bonds is 4. The van der Waals surface area contributed by atoms with Crippen molar-refractivity contribution in [2.24, 2.45) is 0 Å². The topological polar surface area (TPSA) is 35.0 Å². The normalized spacial score (nSPS) is 10.8. The summed E-state index contributed by atoms with van der Waals surface area (Å²) in [6, 6.07) is 2.78. The fraction of sp³-hybridized carbons (Fsp3) is 0.500. The number of alkyl halides is 2. The van der Waals surface area contributed by atoms with E-state index in [1.54, 1.807) is 0 Å². The van der Waals surface area contributed by atoms with Crippen LogP contribution in [0.1, 0.15) is 18.4 Å². The second-order valence-corrected chi connectivity index (χ2v) is 2.30. The first-order valence-electron chi connectivity index (χ1n) is 3.84. The zero-order chi connectivity index (χ0) is 9.68. The summed E-state index contributed by atoms with van der Waals surface area (Å²) in [6.45, 7) is -1.14. The van der Waals surface area contributed by atoms with Crippen LogP contribution in [0.25, 0.3) is 0 Å². The summed E-state index contributed by atoms with van der Waals surface area (Å²) in [5.74, 6) is 0.260. The Hall–Kier alpha value is -1.10. The van der Waals surface area contributed by atoms with Gasteiger partial charge in [0, 0.05) is 12.3 Å². The smallest absolute Gasteiger partial charge is 0.315 e. The van der Waals surface area contributed by atoms with Crippen molar-refractivity contribution in [1.82, 2.24) is 9.97 Å². The Kier molecular flexibility index (Phi) is 3.70. The third kappa shape index (κ3) is 3.42. The molecule has 0 bridgehead atoms. The van der Waals surface area contributed by atoms with E-state index in [2.05, 4.69) is 20.8 Å². The second-order valence-electron chi connectivity index (χ2n) is 2.30. The zero-order valence-electron chi connectivity index (χ0n) is 7.13. The lowest BCUT2D eigenvalue weighted by molar-refractivity contribution is -0.138. The van der Waals surface area contributed by atoms with Gasteiger partial charge in [0.25, 0.3) is 0 Å². The van der Waals surface area contributed by atoms with Gasteiger partial charge in [0.15, 0.2) is 5.82 Å².